The molecule has 2 rings (SSSR count). The number of hydrogen-bond donors (Lipinski definition) is 0. The predicted octanol–water partition coefficient (Wildman–Crippen LogP) is 3.96. The molecule has 0 amide bonds. The van der Waals surface area contributed by atoms with E-state index in [0.29, 0.717) is 11.6 Å². The summed E-state index contributed by atoms with van der Waals surface area (Å²) in [4.78, 5) is 0. The van der Waals surface area contributed by atoms with E-state index in [4.69, 9.17) is 0 Å². The third-order valence-electron chi connectivity index (χ3n) is 3.25. The Morgan fingerprint density at radius 1 is 0.900 bits per heavy atom. The Morgan fingerprint density at radius 2 is 1.55 bits per heavy atom. The summed E-state index contributed by atoms with van der Waals surface area (Å²) in [6, 6.07) is 4.20. The van der Waals surface area contributed by atoms with Gasteiger partial charge in [0.2, 0.25) is 0 Å². The third-order valence-corrected chi connectivity index (χ3v) is 3.25. The average Bonchev–Trinajstić information content (AvgIpc) is 2.38. The van der Waals surface area contributed by atoms with E-state index in [9.17, 15) is 17.6 Å². The molecular formula is C14H12F4N2. The lowest BCUT2D eigenvalue weighted by atomic mass is 9.78. The first kappa shape index (κ1) is 14.4. The van der Waals surface area contributed by atoms with Crippen LogP contribution in [0.4, 0.5) is 17.6 Å². The van der Waals surface area contributed by atoms with Crippen molar-refractivity contribution in [2.24, 2.45) is 0 Å². The molecular weight excluding hydrogens is 272 g/mol. The molecule has 0 atom stereocenters. The first-order valence-electron chi connectivity index (χ1n) is 5.87. The van der Waals surface area contributed by atoms with E-state index in [1.54, 1.807) is 19.9 Å². The number of benzene rings is 1. The van der Waals surface area contributed by atoms with Gasteiger partial charge in [-0.3, -0.25) is 0 Å². The lowest BCUT2D eigenvalue weighted by Crippen LogP contribution is -2.21. The van der Waals surface area contributed by atoms with Crippen LogP contribution in [0.25, 0.3) is 0 Å². The van der Waals surface area contributed by atoms with Crippen molar-refractivity contribution in [2.45, 2.75) is 25.4 Å². The van der Waals surface area contributed by atoms with Crippen LogP contribution in [-0.4, -0.2) is 10.2 Å². The van der Waals surface area contributed by atoms with Crippen molar-refractivity contribution < 1.29 is 17.6 Å². The molecule has 0 saturated heterocycles. The van der Waals surface area contributed by atoms with Crippen LogP contribution < -0.4 is 0 Å². The van der Waals surface area contributed by atoms with Crippen molar-refractivity contribution >= 4 is 0 Å². The van der Waals surface area contributed by atoms with E-state index in [2.05, 4.69) is 10.2 Å². The molecule has 2 nitrogen and oxygen atoms in total. The van der Waals surface area contributed by atoms with Crippen molar-refractivity contribution in [3.63, 3.8) is 0 Å². The van der Waals surface area contributed by atoms with Gasteiger partial charge in [0, 0.05) is 11.6 Å². The first-order valence-corrected chi connectivity index (χ1v) is 5.87. The van der Waals surface area contributed by atoms with Gasteiger partial charge < -0.3 is 0 Å². The normalized spacial score (nSPS) is 12.5. The highest BCUT2D eigenvalue weighted by Crippen LogP contribution is 2.36. The van der Waals surface area contributed by atoms with Crippen LogP contribution in [0, 0.1) is 5.82 Å². The van der Waals surface area contributed by atoms with Crippen LogP contribution in [0.15, 0.2) is 36.7 Å². The largest absolute Gasteiger partial charge is 0.416 e. The summed E-state index contributed by atoms with van der Waals surface area (Å²) in [5, 5.41) is 7.33. The second kappa shape index (κ2) is 4.85. The monoisotopic (exact) mass is 284 g/mol. The fourth-order valence-corrected chi connectivity index (χ4v) is 1.94. The van der Waals surface area contributed by atoms with E-state index in [0.717, 1.165) is 12.1 Å². The molecule has 0 bridgehead atoms. The Kier molecular flexibility index (Phi) is 3.50. The first-order chi connectivity index (χ1) is 9.21. The minimum Gasteiger partial charge on any atom is -0.207 e. The zero-order valence-corrected chi connectivity index (χ0v) is 10.9. The van der Waals surface area contributed by atoms with Crippen LogP contribution in [-0.2, 0) is 11.6 Å². The highest BCUT2D eigenvalue weighted by molar-refractivity contribution is 5.39. The van der Waals surface area contributed by atoms with Crippen molar-refractivity contribution in [2.75, 3.05) is 0 Å². The Hall–Kier alpha value is -1.98. The maximum absolute atomic E-state index is 13.5. The van der Waals surface area contributed by atoms with Gasteiger partial charge in [-0.2, -0.15) is 23.4 Å². The molecule has 6 heteroatoms. The van der Waals surface area contributed by atoms with Gasteiger partial charge in [-0.05, 0) is 35.4 Å². The molecule has 2 aromatic rings. The molecule has 0 saturated carbocycles. The van der Waals surface area contributed by atoms with Crippen LogP contribution >= 0.6 is 0 Å². The van der Waals surface area contributed by atoms with E-state index in [-0.39, 0.29) is 5.56 Å². The zero-order valence-electron chi connectivity index (χ0n) is 10.9. The van der Waals surface area contributed by atoms with E-state index >= 15 is 0 Å². The minimum absolute atomic E-state index is 0.234. The Labute approximate surface area is 113 Å². The third kappa shape index (κ3) is 2.79. The van der Waals surface area contributed by atoms with Crippen LogP contribution in [0.2, 0.25) is 0 Å². The SMILES string of the molecule is CC(C)(c1ccnnc1)c1cc(F)cc(C(F)(F)F)c1. The highest BCUT2D eigenvalue weighted by Gasteiger charge is 2.33. The number of rotatable bonds is 2. The summed E-state index contributed by atoms with van der Waals surface area (Å²) < 4.78 is 51.7. The van der Waals surface area contributed by atoms with E-state index in [1.165, 1.54) is 12.4 Å². The Morgan fingerprint density at radius 3 is 2.10 bits per heavy atom. The maximum Gasteiger partial charge on any atom is 0.416 e. The Bertz CT molecular complexity index is 606. The molecule has 0 N–H and O–H groups in total. The second-order valence-electron chi connectivity index (χ2n) is 4.98. The van der Waals surface area contributed by atoms with Gasteiger partial charge in [-0.1, -0.05) is 13.8 Å². The minimum atomic E-state index is -4.58. The number of hydrogen-bond acceptors (Lipinski definition) is 2. The summed E-state index contributed by atoms with van der Waals surface area (Å²) in [6.45, 7) is 3.41. The molecule has 0 aliphatic heterocycles. The maximum atomic E-state index is 13.5. The summed E-state index contributed by atoms with van der Waals surface area (Å²) in [5.74, 6) is -0.912. The van der Waals surface area contributed by atoms with Crippen molar-refractivity contribution in [1.82, 2.24) is 10.2 Å². The second-order valence-corrected chi connectivity index (χ2v) is 4.98. The van der Waals surface area contributed by atoms with Crippen molar-refractivity contribution in [3.8, 4) is 0 Å². The smallest absolute Gasteiger partial charge is 0.207 e. The molecule has 20 heavy (non-hydrogen) atoms. The number of nitrogens with zero attached hydrogens (tertiary/aromatic N) is 2. The summed E-state index contributed by atoms with van der Waals surface area (Å²) in [6.07, 6.45) is -1.68. The molecule has 1 heterocycles. The predicted molar refractivity (Wildman–Crippen MR) is 65.6 cm³/mol. The Balaban J connectivity index is 2.55. The number of halogens is 4. The average molecular weight is 284 g/mol. The molecule has 0 aliphatic carbocycles. The fourth-order valence-electron chi connectivity index (χ4n) is 1.94. The highest BCUT2D eigenvalue weighted by atomic mass is 19.4. The van der Waals surface area contributed by atoms with Crippen LogP contribution in [0.5, 0.6) is 0 Å². The number of aromatic nitrogens is 2. The van der Waals surface area contributed by atoms with Gasteiger partial charge in [0.25, 0.3) is 0 Å². The zero-order chi connectivity index (χ0) is 15.0. The lowest BCUT2D eigenvalue weighted by molar-refractivity contribution is -0.137. The van der Waals surface area contributed by atoms with Gasteiger partial charge in [0.05, 0.1) is 11.8 Å². The fraction of sp³-hybridized carbons (Fsp3) is 0.286. The van der Waals surface area contributed by atoms with Gasteiger partial charge in [0.1, 0.15) is 5.82 Å². The topological polar surface area (TPSA) is 25.8 Å². The van der Waals surface area contributed by atoms with Gasteiger partial charge in [-0.15, -0.1) is 0 Å². The van der Waals surface area contributed by atoms with Crippen LogP contribution in [0.1, 0.15) is 30.5 Å². The van der Waals surface area contributed by atoms with E-state index < -0.39 is 23.0 Å². The van der Waals surface area contributed by atoms with Crippen molar-refractivity contribution in [3.05, 3.63) is 59.2 Å². The van der Waals surface area contributed by atoms with Gasteiger partial charge in [-0.25, -0.2) is 4.39 Å². The van der Waals surface area contributed by atoms with Crippen LogP contribution in [0.3, 0.4) is 0 Å². The molecule has 0 fully saturated rings. The summed E-state index contributed by atoms with van der Waals surface area (Å²) in [7, 11) is 0. The summed E-state index contributed by atoms with van der Waals surface area (Å²) >= 11 is 0. The molecule has 0 radical (unpaired) electrons. The van der Waals surface area contributed by atoms with Gasteiger partial charge in [0.15, 0.2) is 0 Å². The molecule has 1 aromatic heterocycles. The lowest BCUT2D eigenvalue weighted by Gasteiger charge is -2.26. The van der Waals surface area contributed by atoms with E-state index in [1.807, 2.05) is 0 Å². The number of alkyl halides is 3. The molecule has 1 aromatic carbocycles. The molecule has 0 aliphatic rings. The standard InChI is InChI=1S/C14H12F4N2/c1-13(2,9-3-4-19-20-8-9)10-5-11(14(16,17)18)7-12(15)6-10/h3-8H,1-2H3. The van der Waals surface area contributed by atoms with Gasteiger partial charge >= 0.3 is 6.18 Å². The summed E-state index contributed by atoms with van der Waals surface area (Å²) in [5.41, 5.74) is -0.912. The molecule has 0 unspecified atom stereocenters. The quantitative estimate of drug-likeness (QED) is 0.780. The molecule has 0 spiro atoms. The van der Waals surface area contributed by atoms with Crippen molar-refractivity contribution in [1.29, 1.82) is 0 Å². The molecule has 106 valence electrons.